The molecule has 0 aromatic rings. The smallest absolute Gasteiger partial charge is 0.243 e. The maximum absolute atomic E-state index is 13.3. The van der Waals surface area contributed by atoms with Gasteiger partial charge in [-0.2, -0.15) is 0 Å². The Bertz CT molecular complexity index is 1000. The average molecular weight is 589 g/mol. The van der Waals surface area contributed by atoms with Crippen molar-refractivity contribution < 1.29 is 19.1 Å². The van der Waals surface area contributed by atoms with Gasteiger partial charge in [-0.05, 0) is 58.0 Å². The lowest BCUT2D eigenvalue weighted by molar-refractivity contribution is -0.139. The van der Waals surface area contributed by atoms with E-state index >= 15 is 0 Å². The van der Waals surface area contributed by atoms with E-state index < -0.39 is 23.5 Å². The summed E-state index contributed by atoms with van der Waals surface area (Å²) in [5, 5.41) is 5.48. The zero-order valence-corrected chi connectivity index (χ0v) is 27.0. The summed E-state index contributed by atoms with van der Waals surface area (Å²) in [6, 6.07) is -1.65. The molecule has 4 atom stereocenters. The molecule has 10 nitrogen and oxygen atoms in total. The van der Waals surface area contributed by atoms with Gasteiger partial charge in [0.05, 0.1) is 12.1 Å². The molecule has 1 fully saturated rings. The summed E-state index contributed by atoms with van der Waals surface area (Å²) in [6.45, 7) is 23.7. The Morgan fingerprint density at radius 1 is 1.19 bits per heavy atom. The molecule has 0 aromatic heterocycles. The number of hydrogen-bond donors (Lipinski definition) is 5. The predicted octanol–water partition coefficient (Wildman–Crippen LogP) is 3.54. The molecule has 0 spiro atoms. The molecule has 0 saturated carbocycles. The van der Waals surface area contributed by atoms with Crippen molar-refractivity contribution >= 4 is 17.7 Å². The van der Waals surface area contributed by atoms with Crippen LogP contribution in [0.4, 0.5) is 0 Å². The molecule has 238 valence electrons. The fraction of sp³-hybridized carbons (Fsp3) is 0.531. The first-order chi connectivity index (χ1) is 19.9. The van der Waals surface area contributed by atoms with E-state index in [0.717, 1.165) is 5.57 Å². The number of hydrogen-bond acceptors (Lipinski definition) is 7. The van der Waals surface area contributed by atoms with Crippen molar-refractivity contribution in [3.63, 3.8) is 0 Å². The van der Waals surface area contributed by atoms with Crippen molar-refractivity contribution in [2.45, 2.75) is 85.9 Å². The number of allylic oxidation sites excluding steroid dienone is 4. The first-order valence-corrected chi connectivity index (χ1v) is 14.7. The highest BCUT2D eigenvalue weighted by Gasteiger charge is 2.39. The molecule has 1 saturated heterocycles. The maximum Gasteiger partial charge on any atom is 0.243 e. The zero-order valence-electron chi connectivity index (χ0n) is 27.0. The molecule has 1 heterocycles. The van der Waals surface area contributed by atoms with Crippen molar-refractivity contribution in [3.05, 3.63) is 72.8 Å². The lowest BCUT2D eigenvalue weighted by Crippen LogP contribution is -2.58. The van der Waals surface area contributed by atoms with Crippen LogP contribution < -0.4 is 27.8 Å². The van der Waals surface area contributed by atoms with Gasteiger partial charge in [-0.25, -0.2) is 0 Å². The third kappa shape index (κ3) is 13.2. The Kier molecular flexibility index (Phi) is 21.0. The van der Waals surface area contributed by atoms with Crippen LogP contribution in [-0.2, 0) is 19.1 Å². The quantitative estimate of drug-likeness (QED) is 0.118. The minimum Gasteiger partial charge on any atom is -0.490 e. The molecule has 0 radical (unpaired) electrons. The summed E-state index contributed by atoms with van der Waals surface area (Å²) in [4.78, 5) is 39.5. The first-order valence-electron chi connectivity index (χ1n) is 14.7. The van der Waals surface area contributed by atoms with E-state index in [9.17, 15) is 14.4 Å². The van der Waals surface area contributed by atoms with E-state index in [0.29, 0.717) is 31.8 Å². The number of rotatable bonds is 14. The summed E-state index contributed by atoms with van der Waals surface area (Å²) in [6.07, 6.45) is 12.9. The second kappa shape index (κ2) is 21.9. The number of carbonyl (C=O) groups is 3. The zero-order chi connectivity index (χ0) is 32.9. The van der Waals surface area contributed by atoms with E-state index in [-0.39, 0.29) is 30.0 Å². The summed E-state index contributed by atoms with van der Waals surface area (Å²) in [5.74, 6) is -0.837. The minimum absolute atomic E-state index is 0.233. The van der Waals surface area contributed by atoms with Crippen LogP contribution in [0.3, 0.4) is 0 Å². The Morgan fingerprint density at radius 2 is 1.81 bits per heavy atom. The van der Waals surface area contributed by atoms with Crippen LogP contribution in [0, 0.1) is 5.92 Å². The molecular formula is C32H56N6O4. The molecule has 42 heavy (non-hydrogen) atoms. The fourth-order valence-electron chi connectivity index (χ4n) is 3.82. The largest absolute Gasteiger partial charge is 0.490 e. The van der Waals surface area contributed by atoms with Gasteiger partial charge in [0.2, 0.25) is 17.7 Å². The predicted molar refractivity (Wildman–Crippen MR) is 174 cm³/mol. The van der Waals surface area contributed by atoms with Gasteiger partial charge >= 0.3 is 0 Å². The first kappa shape index (κ1) is 40.3. The van der Waals surface area contributed by atoms with E-state index in [1.807, 2.05) is 72.8 Å². The number of nitrogens with two attached hydrogens (primary N) is 3. The Hall–Kier alpha value is -3.79. The highest BCUT2D eigenvalue weighted by molar-refractivity contribution is 5.92. The molecule has 3 unspecified atom stereocenters. The number of carbonyl (C=O) groups excluding carboxylic acids is 3. The number of ether oxygens (including phenoxy) is 1. The second-order valence-corrected chi connectivity index (χ2v) is 9.40. The normalized spacial score (nSPS) is 18.0. The van der Waals surface area contributed by atoms with Crippen LogP contribution in [0.25, 0.3) is 0 Å². The molecule has 0 bridgehead atoms. The van der Waals surface area contributed by atoms with Gasteiger partial charge in [0.15, 0.2) is 0 Å². The number of nitrogens with one attached hydrogen (secondary N) is 2. The topological polar surface area (TPSA) is 166 Å². The van der Waals surface area contributed by atoms with E-state index in [1.165, 1.54) is 17.2 Å². The second-order valence-electron chi connectivity index (χ2n) is 9.40. The minimum atomic E-state index is -0.973. The lowest BCUT2D eigenvalue weighted by atomic mass is 9.83. The van der Waals surface area contributed by atoms with Gasteiger partial charge in [0.25, 0.3) is 0 Å². The molecule has 3 amide bonds. The molecule has 0 aliphatic carbocycles. The van der Waals surface area contributed by atoms with E-state index in [4.69, 9.17) is 21.9 Å². The van der Waals surface area contributed by atoms with Gasteiger partial charge in [-0.3, -0.25) is 14.4 Å². The van der Waals surface area contributed by atoms with Crippen molar-refractivity contribution in [1.29, 1.82) is 0 Å². The van der Waals surface area contributed by atoms with Crippen LogP contribution in [0.1, 0.15) is 68.2 Å². The fourth-order valence-corrected chi connectivity index (χ4v) is 3.82. The third-order valence-electron chi connectivity index (χ3n) is 6.67. The summed E-state index contributed by atoms with van der Waals surface area (Å²) in [7, 11) is 0. The summed E-state index contributed by atoms with van der Waals surface area (Å²) in [5.41, 5.74) is 17.4. The van der Waals surface area contributed by atoms with Crippen LogP contribution in [0.15, 0.2) is 72.8 Å². The number of likely N-dealkylation sites (tertiary alicyclic amines) is 1. The van der Waals surface area contributed by atoms with Gasteiger partial charge in [-0.15, -0.1) is 0 Å². The Morgan fingerprint density at radius 3 is 2.33 bits per heavy atom. The SMILES string of the molecule is C=C/C(=C\C(C)=C/C)OC/C=C\[C@@H](C)C(C)(NC(=O)C1CCCN1C(=O)CNC(=O)C(N)/C=C\N)C(=C)N.CC.CC. The van der Waals surface area contributed by atoms with Crippen LogP contribution >= 0.6 is 0 Å². The van der Waals surface area contributed by atoms with Crippen LogP contribution in [0.2, 0.25) is 0 Å². The molecule has 1 aliphatic heterocycles. The van der Waals surface area contributed by atoms with Gasteiger partial charge in [0, 0.05) is 18.2 Å². The molecule has 8 N–H and O–H groups in total. The highest BCUT2D eigenvalue weighted by Crippen LogP contribution is 2.26. The highest BCUT2D eigenvalue weighted by atomic mass is 16.5. The van der Waals surface area contributed by atoms with Gasteiger partial charge in [-0.1, -0.05) is 71.6 Å². The number of amides is 3. The lowest BCUT2D eigenvalue weighted by Gasteiger charge is -2.37. The maximum atomic E-state index is 13.3. The average Bonchev–Trinajstić information content (AvgIpc) is 3.49. The number of nitrogens with zero attached hydrogens (tertiary/aromatic N) is 1. The van der Waals surface area contributed by atoms with Crippen molar-refractivity contribution in [2.75, 3.05) is 19.7 Å². The van der Waals surface area contributed by atoms with Gasteiger partial charge in [0.1, 0.15) is 24.4 Å². The summed E-state index contributed by atoms with van der Waals surface area (Å²) < 4.78 is 5.74. The van der Waals surface area contributed by atoms with Gasteiger partial charge < -0.3 is 37.5 Å². The molecular weight excluding hydrogens is 532 g/mol. The standard InChI is InChI=1S/C28H44N6O4.2C2H6/c1-7-19(3)17-22(8-2)38-16-10-11-20(4)28(6,21(5)30)33-27(37)24-12-9-15-34(24)25(35)18-32-26(36)23(31)13-14-29;2*1-2/h7-8,10-11,13-14,17,20,23-24H,2,5,9,12,15-16,18,29-31H2,1,3-4,6H3,(H,32,36)(H,33,37);2*1-2H3/b11-10-,14-13-,19-7-,22-17+;;/t20-,23?,24?,28?;;/m1../s1. The van der Waals surface area contributed by atoms with Crippen LogP contribution in [-0.4, -0.2) is 59.9 Å². The van der Waals surface area contributed by atoms with Crippen LogP contribution in [0.5, 0.6) is 0 Å². The molecule has 0 aromatic carbocycles. The monoisotopic (exact) mass is 588 g/mol. The van der Waals surface area contributed by atoms with E-state index in [1.54, 1.807) is 13.0 Å². The van der Waals surface area contributed by atoms with E-state index in [2.05, 4.69) is 23.8 Å². The molecule has 10 heteroatoms. The van der Waals surface area contributed by atoms with Crippen molar-refractivity contribution in [2.24, 2.45) is 23.1 Å². The molecule has 1 rings (SSSR count). The third-order valence-corrected chi connectivity index (χ3v) is 6.67. The van der Waals surface area contributed by atoms with Crippen molar-refractivity contribution in [1.82, 2.24) is 15.5 Å². The Balaban J connectivity index is 0. The Labute approximate surface area is 253 Å². The summed E-state index contributed by atoms with van der Waals surface area (Å²) >= 11 is 0. The molecule has 1 aliphatic rings. The van der Waals surface area contributed by atoms with Crippen molar-refractivity contribution in [3.8, 4) is 0 Å².